The Kier molecular flexibility index (Phi) is 4.68. The van der Waals surface area contributed by atoms with Crippen LogP contribution in [0.15, 0.2) is 16.7 Å². The molecular weight excluding hydrogens is 344 g/mol. The second kappa shape index (κ2) is 6.48. The zero-order chi connectivity index (χ0) is 15.4. The highest BCUT2D eigenvalue weighted by atomic mass is 79.9. The number of carbonyl (C=O) groups is 1. The van der Waals surface area contributed by atoms with E-state index in [0.29, 0.717) is 19.5 Å². The van der Waals surface area contributed by atoms with Gasteiger partial charge in [0, 0.05) is 25.0 Å². The molecule has 2 aromatic heterocycles. The minimum Gasteiger partial charge on any atom is -0.358 e. The summed E-state index contributed by atoms with van der Waals surface area (Å²) >= 11 is 2.99. The molecule has 0 bridgehead atoms. The molecule has 21 heavy (non-hydrogen) atoms. The van der Waals surface area contributed by atoms with Crippen molar-refractivity contribution in [3.05, 3.63) is 38.2 Å². The van der Waals surface area contributed by atoms with Crippen molar-refractivity contribution >= 4 is 27.7 Å². The number of nitrogens with zero attached hydrogens (tertiary/aromatic N) is 4. The van der Waals surface area contributed by atoms with Gasteiger partial charge in [-0.1, -0.05) is 5.10 Å². The molecule has 0 atom stereocenters. The number of H-pyrrole nitrogens is 1. The van der Waals surface area contributed by atoms with Gasteiger partial charge in [0.25, 0.3) is 5.91 Å². The van der Waals surface area contributed by atoms with E-state index < -0.39 is 10.8 Å². The lowest BCUT2D eigenvalue weighted by Gasteiger charge is -2.05. The number of nitrogens with one attached hydrogen (secondary N) is 2. The van der Waals surface area contributed by atoms with Crippen molar-refractivity contribution in [2.45, 2.75) is 19.9 Å². The van der Waals surface area contributed by atoms with Crippen molar-refractivity contribution < 1.29 is 9.72 Å². The van der Waals surface area contributed by atoms with Crippen LogP contribution in [0.2, 0.25) is 0 Å². The van der Waals surface area contributed by atoms with Gasteiger partial charge in [0.2, 0.25) is 0 Å². The number of halogens is 1. The number of carbonyl (C=O) groups excluding carboxylic acids is 1. The molecule has 9 nitrogen and oxygen atoms in total. The predicted molar refractivity (Wildman–Crippen MR) is 76.9 cm³/mol. The number of rotatable bonds is 6. The first-order valence-electron chi connectivity index (χ1n) is 6.15. The molecule has 0 saturated carbocycles. The molecular formula is C11H13BrN6O3. The molecule has 0 spiro atoms. The van der Waals surface area contributed by atoms with Gasteiger partial charge >= 0.3 is 5.82 Å². The Morgan fingerprint density at radius 1 is 1.62 bits per heavy atom. The zero-order valence-corrected chi connectivity index (χ0v) is 12.8. The monoisotopic (exact) mass is 356 g/mol. The minimum absolute atomic E-state index is 0.0306. The molecule has 0 unspecified atom stereocenters. The van der Waals surface area contributed by atoms with Crippen molar-refractivity contribution in [2.75, 3.05) is 6.54 Å². The van der Waals surface area contributed by atoms with Gasteiger partial charge in [-0.25, -0.2) is 0 Å². The van der Waals surface area contributed by atoms with E-state index in [2.05, 4.69) is 36.5 Å². The highest BCUT2D eigenvalue weighted by molar-refractivity contribution is 9.10. The van der Waals surface area contributed by atoms with Crippen LogP contribution in [0.4, 0.5) is 5.82 Å². The quantitative estimate of drug-likeness (QED) is 0.460. The molecule has 0 aliphatic carbocycles. The highest BCUT2D eigenvalue weighted by Gasteiger charge is 2.24. The first-order valence-corrected chi connectivity index (χ1v) is 6.95. The first kappa shape index (κ1) is 15.2. The summed E-state index contributed by atoms with van der Waals surface area (Å²) in [5.74, 6) is -0.810. The Bertz CT molecular complexity index is 665. The topological polar surface area (TPSA) is 119 Å². The van der Waals surface area contributed by atoms with Gasteiger partial charge in [-0.15, -0.1) is 5.10 Å². The van der Waals surface area contributed by atoms with Gasteiger partial charge < -0.3 is 15.4 Å². The summed E-state index contributed by atoms with van der Waals surface area (Å²) in [5, 5.41) is 23.3. The van der Waals surface area contributed by atoms with E-state index in [1.807, 2.05) is 17.7 Å². The van der Waals surface area contributed by atoms with Gasteiger partial charge in [-0.2, -0.15) is 5.10 Å². The molecule has 2 aromatic rings. The van der Waals surface area contributed by atoms with E-state index in [0.717, 1.165) is 5.69 Å². The molecule has 0 aliphatic rings. The fourth-order valence-electron chi connectivity index (χ4n) is 1.74. The number of hydrogen-bond acceptors (Lipinski definition) is 5. The third-order valence-corrected chi connectivity index (χ3v) is 3.60. The lowest BCUT2D eigenvalue weighted by atomic mass is 10.3. The van der Waals surface area contributed by atoms with E-state index in [1.165, 1.54) is 0 Å². The van der Waals surface area contributed by atoms with Crippen LogP contribution in [-0.2, 0) is 6.54 Å². The summed E-state index contributed by atoms with van der Waals surface area (Å²) in [4.78, 5) is 21.9. The van der Waals surface area contributed by atoms with E-state index in [4.69, 9.17) is 0 Å². The van der Waals surface area contributed by atoms with Crippen molar-refractivity contribution in [3.63, 3.8) is 0 Å². The largest absolute Gasteiger partial charge is 0.358 e. The molecule has 0 radical (unpaired) electrons. The van der Waals surface area contributed by atoms with E-state index in [9.17, 15) is 14.9 Å². The van der Waals surface area contributed by atoms with Crippen LogP contribution in [0.1, 0.15) is 22.6 Å². The molecule has 112 valence electrons. The van der Waals surface area contributed by atoms with E-state index in [1.54, 1.807) is 6.20 Å². The minimum atomic E-state index is -0.644. The summed E-state index contributed by atoms with van der Waals surface area (Å²) in [5.41, 5.74) is 1.02. The van der Waals surface area contributed by atoms with Crippen LogP contribution in [0.5, 0.6) is 0 Å². The van der Waals surface area contributed by atoms with Crippen LogP contribution in [0.3, 0.4) is 0 Å². The zero-order valence-electron chi connectivity index (χ0n) is 11.2. The fourth-order valence-corrected chi connectivity index (χ4v) is 2.24. The number of amides is 1. The van der Waals surface area contributed by atoms with Gasteiger partial charge in [-0.3, -0.25) is 9.48 Å². The van der Waals surface area contributed by atoms with Crippen LogP contribution in [0, 0.1) is 17.0 Å². The Balaban J connectivity index is 1.85. The average molecular weight is 357 g/mol. The maximum atomic E-state index is 11.9. The van der Waals surface area contributed by atoms with Crippen molar-refractivity contribution in [3.8, 4) is 0 Å². The Hall–Kier alpha value is -2.23. The second-order valence-corrected chi connectivity index (χ2v) is 5.09. The number of nitro groups is 1. The van der Waals surface area contributed by atoms with Crippen molar-refractivity contribution in [1.82, 2.24) is 25.3 Å². The smallest absolute Gasteiger partial charge is 0.357 e. The van der Waals surface area contributed by atoms with Gasteiger partial charge in [-0.05, 0) is 40.3 Å². The third kappa shape index (κ3) is 3.45. The molecule has 0 saturated heterocycles. The summed E-state index contributed by atoms with van der Waals surface area (Å²) in [6, 6.07) is 1.90. The lowest BCUT2D eigenvalue weighted by Crippen LogP contribution is -2.26. The summed E-state index contributed by atoms with van der Waals surface area (Å²) in [6.07, 6.45) is 2.41. The van der Waals surface area contributed by atoms with E-state index in [-0.39, 0.29) is 16.0 Å². The molecule has 0 aliphatic heterocycles. The van der Waals surface area contributed by atoms with Crippen molar-refractivity contribution in [1.29, 1.82) is 0 Å². The number of hydrogen-bond donors (Lipinski definition) is 2. The summed E-state index contributed by atoms with van der Waals surface area (Å²) < 4.78 is 1.88. The second-order valence-electron chi connectivity index (χ2n) is 4.30. The normalized spacial score (nSPS) is 10.6. The Morgan fingerprint density at radius 3 is 2.95 bits per heavy atom. The summed E-state index contributed by atoms with van der Waals surface area (Å²) in [7, 11) is 0. The molecule has 0 fully saturated rings. The highest BCUT2D eigenvalue weighted by Crippen LogP contribution is 2.25. The molecule has 0 aromatic carbocycles. The number of aryl methyl sites for hydroxylation is 2. The van der Waals surface area contributed by atoms with Crippen LogP contribution < -0.4 is 5.32 Å². The lowest BCUT2D eigenvalue weighted by molar-refractivity contribution is -0.390. The maximum absolute atomic E-state index is 11.9. The average Bonchev–Trinajstić information content (AvgIpc) is 3.01. The number of aromatic amines is 1. The molecule has 2 heterocycles. The molecule has 2 rings (SSSR count). The standard InChI is InChI=1S/C11H13BrN6O3/c1-7-3-5-14-17(7)6-2-4-13-11(19)9-8(12)10(16-15-9)18(20)21/h3,5H,2,4,6H2,1H3,(H,13,19)(H,15,16). The Morgan fingerprint density at radius 2 is 2.38 bits per heavy atom. The summed E-state index contributed by atoms with van der Waals surface area (Å²) in [6.45, 7) is 3.05. The predicted octanol–water partition coefficient (Wildman–Crippen LogP) is 1.41. The van der Waals surface area contributed by atoms with Crippen LogP contribution in [-0.4, -0.2) is 37.4 Å². The Labute approximate surface area is 128 Å². The van der Waals surface area contributed by atoms with Gasteiger partial charge in [0.05, 0.1) is 0 Å². The fraction of sp³-hybridized carbons (Fsp3) is 0.364. The first-order chi connectivity index (χ1) is 10.0. The van der Waals surface area contributed by atoms with Gasteiger partial charge in [0.15, 0.2) is 5.69 Å². The van der Waals surface area contributed by atoms with Crippen LogP contribution in [0.25, 0.3) is 0 Å². The number of aromatic nitrogens is 4. The molecule has 1 amide bonds. The SMILES string of the molecule is Cc1ccnn1CCCNC(=O)c1n[nH]c([N+](=O)[O-])c1Br. The maximum Gasteiger partial charge on any atom is 0.357 e. The van der Waals surface area contributed by atoms with Crippen LogP contribution >= 0.6 is 15.9 Å². The molecule has 2 N–H and O–H groups in total. The van der Waals surface area contributed by atoms with Gasteiger partial charge in [0.1, 0.15) is 4.47 Å². The van der Waals surface area contributed by atoms with Crippen molar-refractivity contribution in [2.24, 2.45) is 0 Å². The van der Waals surface area contributed by atoms with E-state index >= 15 is 0 Å². The molecule has 10 heteroatoms. The third-order valence-electron chi connectivity index (χ3n) is 2.85.